The van der Waals surface area contributed by atoms with Crippen LogP contribution in [0.2, 0.25) is 0 Å². The third kappa shape index (κ3) is 2.75. The number of hydrogen-bond acceptors (Lipinski definition) is 4. The second-order valence-electron chi connectivity index (χ2n) is 4.47. The highest BCUT2D eigenvalue weighted by molar-refractivity contribution is 5.54. The van der Waals surface area contributed by atoms with Crippen molar-refractivity contribution in [2.75, 3.05) is 5.32 Å². The van der Waals surface area contributed by atoms with E-state index in [1.165, 1.54) is 0 Å². The van der Waals surface area contributed by atoms with Crippen LogP contribution in [0.1, 0.15) is 33.0 Å². The van der Waals surface area contributed by atoms with E-state index in [1.54, 1.807) is 18.5 Å². The Morgan fingerprint density at radius 3 is 2.59 bits per heavy atom. The molecule has 1 N–H and O–H groups in total. The van der Waals surface area contributed by atoms with Crippen LogP contribution in [0.3, 0.4) is 0 Å². The van der Waals surface area contributed by atoms with Gasteiger partial charge in [0.25, 0.3) is 0 Å². The van der Waals surface area contributed by atoms with Gasteiger partial charge in [-0.05, 0) is 22.7 Å². The fourth-order valence-electron chi connectivity index (χ4n) is 1.59. The Hall–Kier alpha value is -1.59. The Balaban J connectivity index is 3.01. The van der Waals surface area contributed by atoms with Gasteiger partial charge in [0.05, 0.1) is 0 Å². The molecule has 0 aliphatic heterocycles. The quantitative estimate of drug-likeness (QED) is 0.634. The number of imidazole rings is 1. The van der Waals surface area contributed by atoms with Crippen LogP contribution in [0.4, 0.5) is 11.6 Å². The Bertz CT molecular complexity index is 414. The standard InChI is InChI=1S/C11H20N4O2/c1-6-7(2)8(3)12-10-11(15(16)17)13-9(4)14(10)5/h7-8,12H,6H2,1-5H3. The molecule has 1 aromatic rings. The van der Waals surface area contributed by atoms with Crippen LogP contribution in [0, 0.1) is 23.0 Å². The first-order valence-corrected chi connectivity index (χ1v) is 5.82. The minimum Gasteiger partial charge on any atom is -0.362 e. The molecule has 6 heteroatoms. The van der Waals surface area contributed by atoms with Gasteiger partial charge < -0.3 is 15.4 Å². The van der Waals surface area contributed by atoms with Crippen molar-refractivity contribution < 1.29 is 4.92 Å². The summed E-state index contributed by atoms with van der Waals surface area (Å²) in [5.74, 6) is 1.47. The molecule has 1 heterocycles. The topological polar surface area (TPSA) is 73.0 Å². The predicted molar refractivity (Wildman–Crippen MR) is 67.1 cm³/mol. The van der Waals surface area contributed by atoms with Gasteiger partial charge in [-0.3, -0.25) is 4.57 Å². The zero-order valence-electron chi connectivity index (χ0n) is 11.0. The third-order valence-electron chi connectivity index (χ3n) is 3.34. The SMILES string of the molecule is CCC(C)C(C)Nc1c([N+](=O)[O-])nc(C)n1C. The molecule has 0 aliphatic carbocycles. The van der Waals surface area contributed by atoms with Gasteiger partial charge in [0.15, 0.2) is 0 Å². The molecule has 0 fully saturated rings. The van der Waals surface area contributed by atoms with Crippen molar-refractivity contribution >= 4 is 11.6 Å². The van der Waals surface area contributed by atoms with Crippen molar-refractivity contribution in [3.05, 3.63) is 15.9 Å². The molecule has 0 amide bonds. The Morgan fingerprint density at radius 2 is 2.12 bits per heavy atom. The fraction of sp³-hybridized carbons (Fsp3) is 0.727. The first-order valence-electron chi connectivity index (χ1n) is 5.82. The summed E-state index contributed by atoms with van der Waals surface area (Å²) in [5.41, 5.74) is 0. The van der Waals surface area contributed by atoms with Crippen LogP contribution in [0.5, 0.6) is 0 Å². The number of aryl methyl sites for hydroxylation is 1. The van der Waals surface area contributed by atoms with E-state index in [2.05, 4.69) is 24.1 Å². The van der Waals surface area contributed by atoms with Crippen molar-refractivity contribution in [3.63, 3.8) is 0 Å². The van der Waals surface area contributed by atoms with Crippen molar-refractivity contribution in [1.29, 1.82) is 0 Å². The lowest BCUT2D eigenvalue weighted by Crippen LogP contribution is -2.25. The first-order chi connectivity index (χ1) is 7.88. The normalized spacial score (nSPS) is 14.4. The summed E-state index contributed by atoms with van der Waals surface area (Å²) in [7, 11) is 1.78. The molecule has 1 rings (SSSR count). The van der Waals surface area contributed by atoms with E-state index in [9.17, 15) is 10.1 Å². The zero-order valence-corrected chi connectivity index (χ0v) is 11.0. The third-order valence-corrected chi connectivity index (χ3v) is 3.34. The van der Waals surface area contributed by atoms with E-state index in [1.807, 2.05) is 6.92 Å². The summed E-state index contributed by atoms with van der Waals surface area (Å²) in [6, 6.07) is 0.175. The van der Waals surface area contributed by atoms with Crippen molar-refractivity contribution in [2.24, 2.45) is 13.0 Å². The highest BCUT2D eigenvalue weighted by Crippen LogP contribution is 2.25. The minimum atomic E-state index is -0.446. The molecular formula is C11H20N4O2. The summed E-state index contributed by atoms with van der Waals surface area (Å²) >= 11 is 0. The molecular weight excluding hydrogens is 220 g/mol. The average Bonchev–Trinajstić information content (AvgIpc) is 2.56. The summed E-state index contributed by atoms with van der Waals surface area (Å²) in [6.45, 7) is 8.00. The minimum absolute atomic E-state index is 0.0971. The molecule has 17 heavy (non-hydrogen) atoms. The van der Waals surface area contributed by atoms with Crippen LogP contribution in [0.25, 0.3) is 0 Å². The van der Waals surface area contributed by atoms with E-state index >= 15 is 0 Å². The van der Waals surface area contributed by atoms with Gasteiger partial charge in [-0.2, -0.15) is 0 Å². The maximum Gasteiger partial charge on any atom is 0.406 e. The number of rotatable bonds is 5. The summed E-state index contributed by atoms with van der Waals surface area (Å²) in [6.07, 6.45) is 1.03. The lowest BCUT2D eigenvalue weighted by Gasteiger charge is -2.20. The average molecular weight is 240 g/mol. The summed E-state index contributed by atoms with van der Waals surface area (Å²) in [4.78, 5) is 14.4. The van der Waals surface area contributed by atoms with E-state index in [-0.39, 0.29) is 11.9 Å². The van der Waals surface area contributed by atoms with Gasteiger partial charge >= 0.3 is 5.82 Å². The van der Waals surface area contributed by atoms with Gasteiger partial charge in [0.2, 0.25) is 11.6 Å². The molecule has 0 aromatic carbocycles. The smallest absolute Gasteiger partial charge is 0.362 e. The Morgan fingerprint density at radius 1 is 1.53 bits per heavy atom. The molecule has 1 aromatic heterocycles. The monoisotopic (exact) mass is 240 g/mol. The lowest BCUT2D eigenvalue weighted by atomic mass is 10.0. The zero-order chi connectivity index (χ0) is 13.2. The largest absolute Gasteiger partial charge is 0.406 e. The molecule has 2 atom stereocenters. The predicted octanol–water partition coefficient (Wildman–Crippen LogP) is 2.48. The van der Waals surface area contributed by atoms with E-state index in [0.717, 1.165) is 6.42 Å². The fourth-order valence-corrected chi connectivity index (χ4v) is 1.59. The second kappa shape index (κ2) is 5.16. The molecule has 0 saturated carbocycles. The molecule has 96 valence electrons. The molecule has 0 bridgehead atoms. The summed E-state index contributed by atoms with van der Waals surface area (Å²) in [5, 5.41) is 14.1. The van der Waals surface area contributed by atoms with Gasteiger partial charge in [0.1, 0.15) is 0 Å². The van der Waals surface area contributed by atoms with Crippen LogP contribution in [-0.4, -0.2) is 20.5 Å². The second-order valence-corrected chi connectivity index (χ2v) is 4.47. The Labute approximate surface area is 101 Å². The van der Waals surface area contributed by atoms with Crippen molar-refractivity contribution in [2.45, 2.75) is 40.2 Å². The first kappa shape index (κ1) is 13.5. The van der Waals surface area contributed by atoms with Crippen LogP contribution in [-0.2, 0) is 7.05 Å². The van der Waals surface area contributed by atoms with Crippen LogP contribution < -0.4 is 5.32 Å². The highest BCUT2D eigenvalue weighted by Gasteiger charge is 2.25. The number of anilines is 1. The van der Waals surface area contributed by atoms with E-state index < -0.39 is 4.92 Å². The molecule has 0 radical (unpaired) electrons. The molecule has 2 unspecified atom stereocenters. The maximum absolute atomic E-state index is 10.9. The number of nitro groups is 1. The van der Waals surface area contributed by atoms with Gasteiger partial charge in [0, 0.05) is 20.0 Å². The summed E-state index contributed by atoms with van der Waals surface area (Å²) < 4.78 is 1.72. The van der Waals surface area contributed by atoms with Gasteiger partial charge in [-0.15, -0.1) is 0 Å². The van der Waals surface area contributed by atoms with Crippen LogP contribution >= 0.6 is 0 Å². The van der Waals surface area contributed by atoms with Gasteiger partial charge in [-0.1, -0.05) is 20.3 Å². The lowest BCUT2D eigenvalue weighted by molar-refractivity contribution is -0.388. The molecule has 0 saturated heterocycles. The van der Waals surface area contributed by atoms with E-state index in [0.29, 0.717) is 17.6 Å². The van der Waals surface area contributed by atoms with Crippen molar-refractivity contribution in [1.82, 2.24) is 9.55 Å². The number of aromatic nitrogens is 2. The Kier molecular flexibility index (Phi) is 4.09. The molecule has 6 nitrogen and oxygen atoms in total. The molecule has 0 spiro atoms. The van der Waals surface area contributed by atoms with Crippen LogP contribution in [0.15, 0.2) is 0 Å². The van der Waals surface area contributed by atoms with Crippen molar-refractivity contribution in [3.8, 4) is 0 Å². The molecule has 0 aliphatic rings. The number of nitrogens with zero attached hydrogens (tertiary/aromatic N) is 3. The van der Waals surface area contributed by atoms with Gasteiger partial charge in [-0.25, -0.2) is 0 Å². The van der Waals surface area contributed by atoms with E-state index in [4.69, 9.17) is 0 Å². The number of hydrogen-bond donors (Lipinski definition) is 1. The maximum atomic E-state index is 10.9. The highest BCUT2D eigenvalue weighted by atomic mass is 16.6. The number of nitrogens with one attached hydrogen (secondary N) is 1.